The van der Waals surface area contributed by atoms with Crippen molar-refractivity contribution < 1.29 is 32.2 Å². The van der Waals surface area contributed by atoms with Crippen molar-refractivity contribution in [1.29, 1.82) is 0 Å². The van der Waals surface area contributed by atoms with E-state index in [0.717, 1.165) is 0 Å². The van der Waals surface area contributed by atoms with Crippen LogP contribution in [0.15, 0.2) is 12.1 Å². The van der Waals surface area contributed by atoms with Gasteiger partial charge in [0.05, 0.1) is 35.3 Å². The molecule has 0 aliphatic carbocycles. The van der Waals surface area contributed by atoms with Gasteiger partial charge in [0.25, 0.3) is 5.91 Å². The van der Waals surface area contributed by atoms with Gasteiger partial charge < -0.3 is 19.1 Å². The Labute approximate surface area is 188 Å². The van der Waals surface area contributed by atoms with Crippen LogP contribution < -0.4 is 9.47 Å². The topological polar surface area (TPSA) is 99.2 Å². The molecule has 2 unspecified atom stereocenters. The van der Waals surface area contributed by atoms with Crippen molar-refractivity contribution in [3.05, 3.63) is 22.7 Å². The van der Waals surface area contributed by atoms with Gasteiger partial charge in [0.15, 0.2) is 27.9 Å². The Bertz CT molecular complexity index is 917. The summed E-state index contributed by atoms with van der Waals surface area (Å²) in [7, 11) is -1.73. The number of methoxy groups -OCH3 is 1. The van der Waals surface area contributed by atoms with Crippen LogP contribution in [0.3, 0.4) is 0 Å². The van der Waals surface area contributed by atoms with Crippen LogP contribution in [0.1, 0.15) is 50.9 Å². The Morgan fingerprint density at radius 1 is 1.26 bits per heavy atom. The number of halogens is 1. The zero-order valence-electron chi connectivity index (χ0n) is 18.5. The zero-order valence-corrected chi connectivity index (χ0v) is 20.1. The summed E-state index contributed by atoms with van der Waals surface area (Å²) in [5, 5.41) is 0.184. The standard InChI is InChI=1S/C21H30ClNO7S/c1-6-14(4)23(16-7-8-31(26,27)12-16)19(24)11-29-21(25)15-9-17(22)20(30-13(2)3)18(10-15)28-5/h9-10,13-14,16H,6-8,11-12H2,1-5H3. The Morgan fingerprint density at radius 2 is 1.94 bits per heavy atom. The van der Waals surface area contributed by atoms with Gasteiger partial charge in [0, 0.05) is 12.1 Å². The first-order chi connectivity index (χ1) is 14.5. The van der Waals surface area contributed by atoms with Crippen LogP contribution in [0.5, 0.6) is 11.5 Å². The third-order valence-electron chi connectivity index (χ3n) is 5.10. The lowest BCUT2D eigenvalue weighted by Gasteiger charge is -2.33. The third-order valence-corrected chi connectivity index (χ3v) is 7.13. The van der Waals surface area contributed by atoms with E-state index in [1.54, 1.807) is 0 Å². The normalized spacial score (nSPS) is 18.5. The van der Waals surface area contributed by atoms with Crippen LogP contribution in [-0.2, 0) is 19.4 Å². The van der Waals surface area contributed by atoms with Gasteiger partial charge in [-0.25, -0.2) is 13.2 Å². The fourth-order valence-corrected chi connectivity index (χ4v) is 5.44. The zero-order chi connectivity index (χ0) is 23.3. The third kappa shape index (κ3) is 6.49. The van der Waals surface area contributed by atoms with Gasteiger partial charge in [-0.05, 0) is 45.7 Å². The Morgan fingerprint density at radius 3 is 2.45 bits per heavy atom. The largest absolute Gasteiger partial charge is 0.493 e. The SMILES string of the molecule is CCC(C)N(C(=O)COC(=O)c1cc(Cl)c(OC(C)C)c(OC)c1)C1CCS(=O)(=O)C1. The molecule has 10 heteroatoms. The molecule has 1 aliphatic rings. The van der Waals surface area contributed by atoms with Crippen molar-refractivity contribution >= 4 is 33.3 Å². The molecule has 1 heterocycles. The van der Waals surface area contributed by atoms with E-state index in [4.69, 9.17) is 25.8 Å². The Kier molecular flexibility index (Phi) is 8.59. The van der Waals surface area contributed by atoms with Crippen LogP contribution >= 0.6 is 11.6 Å². The second kappa shape index (κ2) is 10.5. The fourth-order valence-electron chi connectivity index (χ4n) is 3.47. The van der Waals surface area contributed by atoms with Crippen LogP contribution in [-0.4, -0.2) is 68.6 Å². The summed E-state index contributed by atoms with van der Waals surface area (Å²) in [4.78, 5) is 26.9. The van der Waals surface area contributed by atoms with E-state index in [1.807, 2.05) is 27.7 Å². The van der Waals surface area contributed by atoms with Gasteiger partial charge in [-0.2, -0.15) is 0 Å². The average Bonchev–Trinajstić information content (AvgIpc) is 3.06. The summed E-state index contributed by atoms with van der Waals surface area (Å²) in [6.07, 6.45) is 0.893. The molecule has 0 spiro atoms. The summed E-state index contributed by atoms with van der Waals surface area (Å²) < 4.78 is 39.8. The predicted molar refractivity (Wildman–Crippen MR) is 118 cm³/mol. The number of carbonyl (C=O) groups excluding carboxylic acids is 2. The lowest BCUT2D eigenvalue weighted by Crippen LogP contribution is -2.48. The van der Waals surface area contributed by atoms with Crippen LogP contribution in [0, 0.1) is 0 Å². The second-order valence-corrected chi connectivity index (χ2v) is 10.5. The van der Waals surface area contributed by atoms with Crippen molar-refractivity contribution in [2.75, 3.05) is 25.2 Å². The number of rotatable bonds is 9. The highest BCUT2D eigenvalue weighted by Gasteiger charge is 2.36. The summed E-state index contributed by atoms with van der Waals surface area (Å²) >= 11 is 6.24. The van der Waals surface area contributed by atoms with Crippen molar-refractivity contribution in [3.63, 3.8) is 0 Å². The highest BCUT2D eigenvalue weighted by Crippen LogP contribution is 2.37. The molecule has 0 N–H and O–H groups in total. The first-order valence-corrected chi connectivity index (χ1v) is 12.4. The fraction of sp³-hybridized carbons (Fsp3) is 0.619. The van der Waals surface area contributed by atoms with Crippen LogP contribution in [0.2, 0.25) is 5.02 Å². The lowest BCUT2D eigenvalue weighted by atomic mass is 10.1. The number of hydrogen-bond acceptors (Lipinski definition) is 7. The number of ether oxygens (including phenoxy) is 3. The quantitative estimate of drug-likeness (QED) is 0.506. The van der Waals surface area contributed by atoms with Gasteiger partial charge in [0.1, 0.15) is 0 Å². The highest BCUT2D eigenvalue weighted by molar-refractivity contribution is 7.91. The van der Waals surface area contributed by atoms with Gasteiger partial charge in [-0.3, -0.25) is 4.79 Å². The molecule has 1 aromatic carbocycles. The molecule has 1 aromatic rings. The van der Waals surface area contributed by atoms with Gasteiger partial charge in [0.2, 0.25) is 0 Å². The number of benzene rings is 1. The van der Waals surface area contributed by atoms with E-state index in [2.05, 4.69) is 0 Å². The van der Waals surface area contributed by atoms with E-state index in [1.165, 1.54) is 24.1 Å². The number of amides is 1. The van der Waals surface area contributed by atoms with Crippen molar-refractivity contribution in [2.45, 2.75) is 58.7 Å². The first-order valence-electron chi connectivity index (χ1n) is 10.2. The minimum atomic E-state index is -3.16. The lowest BCUT2D eigenvalue weighted by molar-refractivity contribution is -0.138. The maximum atomic E-state index is 12.8. The molecule has 1 amide bonds. The van der Waals surface area contributed by atoms with E-state index >= 15 is 0 Å². The number of sulfone groups is 1. The van der Waals surface area contributed by atoms with Crippen LogP contribution in [0.25, 0.3) is 0 Å². The van der Waals surface area contributed by atoms with Gasteiger partial charge in [-0.15, -0.1) is 0 Å². The summed E-state index contributed by atoms with van der Waals surface area (Å²) in [5.41, 5.74) is 0.115. The molecule has 174 valence electrons. The Hall–Kier alpha value is -2.00. The number of nitrogens with zero attached hydrogens (tertiary/aromatic N) is 1. The molecule has 2 atom stereocenters. The molecule has 0 radical (unpaired) electrons. The second-order valence-electron chi connectivity index (χ2n) is 7.85. The molecule has 0 bridgehead atoms. The monoisotopic (exact) mass is 475 g/mol. The van der Waals surface area contributed by atoms with E-state index in [9.17, 15) is 18.0 Å². The summed E-state index contributed by atoms with van der Waals surface area (Å²) in [5.74, 6) is -0.591. The molecule has 2 rings (SSSR count). The molecule has 8 nitrogen and oxygen atoms in total. The minimum Gasteiger partial charge on any atom is -0.493 e. The maximum Gasteiger partial charge on any atom is 0.338 e. The number of esters is 1. The van der Waals surface area contributed by atoms with Crippen molar-refractivity contribution in [1.82, 2.24) is 4.90 Å². The molecule has 1 saturated heterocycles. The molecule has 0 aromatic heterocycles. The summed E-state index contributed by atoms with van der Waals surface area (Å²) in [6, 6.07) is 2.25. The molecule has 1 fully saturated rings. The smallest absolute Gasteiger partial charge is 0.338 e. The molecular weight excluding hydrogens is 446 g/mol. The molecule has 0 saturated carbocycles. The number of hydrogen-bond donors (Lipinski definition) is 0. The first kappa shape index (κ1) is 25.3. The predicted octanol–water partition coefficient (Wildman–Crippen LogP) is 3.11. The number of carbonyl (C=O) groups is 2. The summed E-state index contributed by atoms with van der Waals surface area (Å²) in [6.45, 7) is 6.94. The average molecular weight is 476 g/mol. The Balaban J connectivity index is 2.13. The van der Waals surface area contributed by atoms with Gasteiger partial charge >= 0.3 is 5.97 Å². The molecule has 31 heavy (non-hydrogen) atoms. The van der Waals surface area contributed by atoms with Gasteiger partial charge in [-0.1, -0.05) is 18.5 Å². The van der Waals surface area contributed by atoms with E-state index in [0.29, 0.717) is 18.6 Å². The van der Waals surface area contributed by atoms with E-state index < -0.39 is 34.4 Å². The van der Waals surface area contributed by atoms with Crippen molar-refractivity contribution in [2.24, 2.45) is 0 Å². The maximum absolute atomic E-state index is 12.8. The molecule has 1 aliphatic heterocycles. The minimum absolute atomic E-state index is 0.0563. The van der Waals surface area contributed by atoms with Crippen molar-refractivity contribution in [3.8, 4) is 11.5 Å². The van der Waals surface area contributed by atoms with E-state index in [-0.39, 0.29) is 40.0 Å². The molecular formula is C21H30ClNO7S. The highest BCUT2D eigenvalue weighted by atomic mass is 35.5. The van der Waals surface area contributed by atoms with Crippen LogP contribution in [0.4, 0.5) is 0 Å².